The van der Waals surface area contributed by atoms with Gasteiger partial charge >= 0.3 is 0 Å². The van der Waals surface area contributed by atoms with E-state index in [-0.39, 0.29) is 23.7 Å². The van der Waals surface area contributed by atoms with Crippen LogP contribution in [-0.2, 0) is 15.1 Å². The van der Waals surface area contributed by atoms with Gasteiger partial charge in [-0.15, -0.1) is 0 Å². The monoisotopic (exact) mass is 260 g/mol. The molecule has 4 heteroatoms. The molecule has 0 bridgehead atoms. The van der Waals surface area contributed by atoms with Gasteiger partial charge < -0.3 is 15.8 Å². The number of nitrogens with one attached hydrogen (secondary N) is 1. The standard InChI is InChI=1S/C15H20N2O2/c16-10-12-6-7-13(19-12)14(18)17-15(8-9-15)11-4-2-1-3-5-11/h1-5,12-13H,6-10,16H2,(H,17,18)/t12-,13+/m1/s1. The summed E-state index contributed by atoms with van der Waals surface area (Å²) in [6.45, 7) is 0.494. The third-order valence-electron chi connectivity index (χ3n) is 4.10. The second-order valence-corrected chi connectivity index (χ2v) is 5.50. The number of benzene rings is 1. The fourth-order valence-electron chi connectivity index (χ4n) is 2.76. The molecule has 1 heterocycles. The van der Waals surface area contributed by atoms with E-state index in [4.69, 9.17) is 10.5 Å². The molecule has 4 nitrogen and oxygen atoms in total. The molecule has 1 aliphatic carbocycles. The number of carbonyl (C=O) groups excluding carboxylic acids is 1. The first-order chi connectivity index (χ1) is 9.23. The zero-order valence-electron chi connectivity index (χ0n) is 11.0. The molecule has 1 amide bonds. The Morgan fingerprint density at radius 3 is 2.63 bits per heavy atom. The summed E-state index contributed by atoms with van der Waals surface area (Å²) in [6.07, 6.45) is 3.40. The molecule has 1 aromatic carbocycles. The first kappa shape index (κ1) is 12.6. The fraction of sp³-hybridized carbons (Fsp3) is 0.533. The van der Waals surface area contributed by atoms with E-state index in [0.717, 1.165) is 25.7 Å². The summed E-state index contributed by atoms with van der Waals surface area (Å²) in [4.78, 5) is 12.3. The van der Waals surface area contributed by atoms with Crippen LogP contribution in [0.15, 0.2) is 30.3 Å². The minimum Gasteiger partial charge on any atom is -0.364 e. The van der Waals surface area contributed by atoms with E-state index >= 15 is 0 Å². The molecule has 1 aliphatic heterocycles. The van der Waals surface area contributed by atoms with Crippen molar-refractivity contribution in [2.24, 2.45) is 5.73 Å². The molecule has 1 saturated carbocycles. The largest absolute Gasteiger partial charge is 0.364 e. The first-order valence-corrected chi connectivity index (χ1v) is 6.96. The Labute approximate surface area is 113 Å². The van der Waals surface area contributed by atoms with Gasteiger partial charge in [-0.2, -0.15) is 0 Å². The van der Waals surface area contributed by atoms with Crippen molar-refractivity contribution in [3.63, 3.8) is 0 Å². The molecule has 0 aromatic heterocycles. The first-order valence-electron chi connectivity index (χ1n) is 6.96. The van der Waals surface area contributed by atoms with Gasteiger partial charge in [0.15, 0.2) is 0 Å². The highest BCUT2D eigenvalue weighted by atomic mass is 16.5. The van der Waals surface area contributed by atoms with Gasteiger partial charge in [-0.3, -0.25) is 4.79 Å². The molecule has 3 rings (SSSR count). The molecule has 2 atom stereocenters. The maximum absolute atomic E-state index is 12.3. The summed E-state index contributed by atoms with van der Waals surface area (Å²) in [5.74, 6) is 0.0114. The van der Waals surface area contributed by atoms with E-state index in [2.05, 4.69) is 17.4 Å². The van der Waals surface area contributed by atoms with Crippen molar-refractivity contribution in [1.29, 1.82) is 0 Å². The zero-order chi connectivity index (χ0) is 13.3. The van der Waals surface area contributed by atoms with Crippen molar-refractivity contribution in [3.8, 4) is 0 Å². The summed E-state index contributed by atoms with van der Waals surface area (Å²) in [6, 6.07) is 10.2. The second-order valence-electron chi connectivity index (χ2n) is 5.50. The lowest BCUT2D eigenvalue weighted by molar-refractivity contribution is -0.132. The van der Waals surface area contributed by atoms with Gasteiger partial charge in [0.05, 0.1) is 11.6 Å². The summed E-state index contributed by atoms with van der Waals surface area (Å²) in [5.41, 5.74) is 6.61. The van der Waals surface area contributed by atoms with Crippen LogP contribution in [0.2, 0.25) is 0 Å². The van der Waals surface area contributed by atoms with Gasteiger partial charge in [-0.05, 0) is 31.2 Å². The number of hydrogen-bond donors (Lipinski definition) is 2. The quantitative estimate of drug-likeness (QED) is 0.857. The van der Waals surface area contributed by atoms with Crippen molar-refractivity contribution in [3.05, 3.63) is 35.9 Å². The smallest absolute Gasteiger partial charge is 0.249 e. The summed E-state index contributed by atoms with van der Waals surface area (Å²) in [5, 5.41) is 3.17. The van der Waals surface area contributed by atoms with Crippen LogP contribution < -0.4 is 11.1 Å². The number of rotatable bonds is 4. The highest BCUT2D eigenvalue weighted by molar-refractivity contribution is 5.82. The Bertz CT molecular complexity index is 456. The molecular weight excluding hydrogens is 240 g/mol. The number of ether oxygens (including phenoxy) is 1. The molecule has 1 aromatic rings. The Balaban J connectivity index is 1.64. The Morgan fingerprint density at radius 1 is 1.32 bits per heavy atom. The van der Waals surface area contributed by atoms with E-state index in [1.165, 1.54) is 5.56 Å². The molecule has 19 heavy (non-hydrogen) atoms. The molecule has 102 valence electrons. The van der Waals surface area contributed by atoms with Gasteiger partial charge in [0.2, 0.25) is 5.91 Å². The van der Waals surface area contributed by atoms with Crippen LogP contribution in [-0.4, -0.2) is 24.7 Å². The lowest BCUT2D eigenvalue weighted by Crippen LogP contribution is -2.41. The van der Waals surface area contributed by atoms with E-state index in [1.807, 2.05) is 18.2 Å². The molecule has 2 fully saturated rings. The number of carbonyl (C=O) groups is 1. The predicted octanol–water partition coefficient (Wildman–Crippen LogP) is 1.30. The van der Waals surface area contributed by atoms with Gasteiger partial charge in [0, 0.05) is 6.54 Å². The molecule has 3 N–H and O–H groups in total. The number of hydrogen-bond acceptors (Lipinski definition) is 3. The van der Waals surface area contributed by atoms with Crippen LogP contribution in [0, 0.1) is 0 Å². The third-order valence-corrected chi connectivity index (χ3v) is 4.10. The second kappa shape index (κ2) is 4.94. The highest BCUT2D eigenvalue weighted by Crippen LogP contribution is 2.45. The topological polar surface area (TPSA) is 64.4 Å². The minimum atomic E-state index is -0.324. The molecule has 2 aliphatic rings. The average molecular weight is 260 g/mol. The van der Waals surface area contributed by atoms with E-state index < -0.39 is 0 Å². The molecule has 1 saturated heterocycles. The van der Waals surface area contributed by atoms with Crippen molar-refractivity contribution in [2.75, 3.05) is 6.54 Å². The van der Waals surface area contributed by atoms with Crippen molar-refractivity contribution >= 4 is 5.91 Å². The van der Waals surface area contributed by atoms with E-state index in [9.17, 15) is 4.79 Å². The van der Waals surface area contributed by atoms with Gasteiger partial charge in [-0.25, -0.2) is 0 Å². The number of amides is 1. The third kappa shape index (κ3) is 2.51. The Hall–Kier alpha value is -1.39. The molecular formula is C15H20N2O2. The normalized spacial score (nSPS) is 28.1. The molecule has 0 radical (unpaired) electrons. The summed E-state index contributed by atoms with van der Waals surface area (Å²) >= 11 is 0. The molecule has 0 unspecified atom stereocenters. The highest BCUT2D eigenvalue weighted by Gasteiger charge is 2.47. The van der Waals surface area contributed by atoms with Crippen LogP contribution in [0.3, 0.4) is 0 Å². The summed E-state index contributed by atoms with van der Waals surface area (Å²) in [7, 11) is 0. The minimum absolute atomic E-state index is 0.0114. The SMILES string of the molecule is NC[C@H]1CC[C@@H](C(=O)NC2(c3ccccc3)CC2)O1. The Kier molecular flexibility index (Phi) is 3.29. The van der Waals surface area contributed by atoms with Crippen molar-refractivity contribution in [1.82, 2.24) is 5.32 Å². The number of nitrogens with two attached hydrogens (primary N) is 1. The van der Waals surface area contributed by atoms with Gasteiger partial charge in [-0.1, -0.05) is 30.3 Å². The van der Waals surface area contributed by atoms with Crippen LogP contribution in [0.4, 0.5) is 0 Å². The van der Waals surface area contributed by atoms with Crippen molar-refractivity contribution < 1.29 is 9.53 Å². The fourth-order valence-corrected chi connectivity index (χ4v) is 2.76. The summed E-state index contributed by atoms with van der Waals surface area (Å²) < 4.78 is 5.64. The predicted molar refractivity (Wildman–Crippen MR) is 72.4 cm³/mol. The van der Waals surface area contributed by atoms with E-state index in [0.29, 0.717) is 6.54 Å². The average Bonchev–Trinajstić information content (AvgIpc) is 3.06. The van der Waals surface area contributed by atoms with Crippen LogP contribution in [0.1, 0.15) is 31.2 Å². The van der Waals surface area contributed by atoms with Crippen LogP contribution in [0.5, 0.6) is 0 Å². The maximum Gasteiger partial charge on any atom is 0.249 e. The molecule has 0 spiro atoms. The van der Waals surface area contributed by atoms with Crippen molar-refractivity contribution in [2.45, 2.75) is 43.4 Å². The van der Waals surface area contributed by atoms with Gasteiger partial charge in [0.25, 0.3) is 0 Å². The lowest BCUT2D eigenvalue weighted by atomic mass is 10.0. The maximum atomic E-state index is 12.3. The van der Waals surface area contributed by atoms with Crippen LogP contribution >= 0.6 is 0 Å². The van der Waals surface area contributed by atoms with Crippen LogP contribution in [0.25, 0.3) is 0 Å². The zero-order valence-corrected chi connectivity index (χ0v) is 11.0. The van der Waals surface area contributed by atoms with Gasteiger partial charge in [0.1, 0.15) is 6.10 Å². The Morgan fingerprint density at radius 2 is 2.05 bits per heavy atom. The lowest BCUT2D eigenvalue weighted by Gasteiger charge is -2.20. The van der Waals surface area contributed by atoms with E-state index in [1.54, 1.807) is 0 Å².